The average Bonchev–Trinajstić information content (AvgIpc) is 2.89. The Morgan fingerprint density at radius 1 is 1.16 bits per heavy atom. The molecule has 2 aromatic carbocycles. The normalized spacial score (nSPS) is 25.3. The molecule has 2 aromatic rings. The molecule has 2 fully saturated rings. The third kappa shape index (κ3) is 7.12. The lowest BCUT2D eigenvalue weighted by Gasteiger charge is -2.54. The van der Waals surface area contributed by atoms with Crippen LogP contribution in [0.5, 0.6) is 5.75 Å². The molecule has 0 bridgehead atoms. The molecule has 1 saturated carbocycles. The second kappa shape index (κ2) is 13.2. The predicted octanol–water partition coefficient (Wildman–Crippen LogP) is 4.80. The molecular weight excluding hydrogens is 476 g/mol. The Morgan fingerprint density at radius 3 is 2.74 bits per heavy atom. The van der Waals surface area contributed by atoms with Gasteiger partial charge in [0, 0.05) is 43.8 Å². The van der Waals surface area contributed by atoms with Gasteiger partial charge in [-0.1, -0.05) is 55.0 Å². The van der Waals surface area contributed by atoms with Gasteiger partial charge < -0.3 is 15.2 Å². The third-order valence-electron chi connectivity index (χ3n) is 8.27. The van der Waals surface area contributed by atoms with E-state index in [9.17, 15) is 14.7 Å². The van der Waals surface area contributed by atoms with E-state index in [4.69, 9.17) is 4.74 Å². The van der Waals surface area contributed by atoms with Gasteiger partial charge in [-0.2, -0.15) is 0 Å². The van der Waals surface area contributed by atoms with Crippen molar-refractivity contribution in [2.24, 2.45) is 5.92 Å². The number of benzene rings is 2. The Kier molecular flexibility index (Phi) is 9.75. The Balaban J connectivity index is 1.41. The summed E-state index contributed by atoms with van der Waals surface area (Å²) in [6, 6.07) is 18.1. The van der Waals surface area contributed by atoms with Crippen molar-refractivity contribution in [1.29, 1.82) is 0 Å². The van der Waals surface area contributed by atoms with Gasteiger partial charge in [-0.3, -0.25) is 14.5 Å². The number of hydrogen-bond donors (Lipinski definition) is 2. The fraction of sp³-hybridized carbons (Fsp3) is 0.500. The molecule has 1 aliphatic heterocycles. The summed E-state index contributed by atoms with van der Waals surface area (Å²) in [6.07, 6.45) is 8.05. The summed E-state index contributed by atoms with van der Waals surface area (Å²) in [6.45, 7) is 7.73. The molecule has 38 heavy (non-hydrogen) atoms. The summed E-state index contributed by atoms with van der Waals surface area (Å²) in [7, 11) is 0. The van der Waals surface area contributed by atoms with Crippen LogP contribution in [0.4, 0.5) is 0 Å². The highest BCUT2D eigenvalue weighted by molar-refractivity contribution is 5.76. The second-order valence-electron chi connectivity index (χ2n) is 11.0. The van der Waals surface area contributed by atoms with Crippen molar-refractivity contribution in [2.75, 3.05) is 19.6 Å². The highest BCUT2D eigenvalue weighted by Crippen LogP contribution is 2.49. The largest absolute Gasteiger partial charge is 0.427 e. The first-order valence-electron chi connectivity index (χ1n) is 14.0. The molecule has 2 aliphatic rings. The number of aliphatic hydroxyl groups excluding tert-OH is 1. The summed E-state index contributed by atoms with van der Waals surface area (Å²) >= 11 is 0. The van der Waals surface area contributed by atoms with Crippen molar-refractivity contribution in [1.82, 2.24) is 10.2 Å². The van der Waals surface area contributed by atoms with E-state index in [1.165, 1.54) is 12.5 Å². The van der Waals surface area contributed by atoms with Gasteiger partial charge in [-0.05, 0) is 68.3 Å². The monoisotopic (exact) mass is 518 g/mol. The summed E-state index contributed by atoms with van der Waals surface area (Å²) in [4.78, 5) is 26.8. The van der Waals surface area contributed by atoms with E-state index < -0.39 is 6.10 Å². The van der Waals surface area contributed by atoms with Crippen LogP contribution in [0.3, 0.4) is 0 Å². The van der Waals surface area contributed by atoms with Gasteiger partial charge >= 0.3 is 5.97 Å². The number of nitrogens with one attached hydrogen (secondary N) is 1. The van der Waals surface area contributed by atoms with E-state index in [0.717, 1.165) is 63.7 Å². The van der Waals surface area contributed by atoms with Crippen molar-refractivity contribution >= 4 is 11.9 Å². The maximum absolute atomic E-state index is 12.9. The van der Waals surface area contributed by atoms with Crippen molar-refractivity contribution in [3.63, 3.8) is 0 Å². The number of aryl methyl sites for hydroxylation is 1. The third-order valence-corrected chi connectivity index (χ3v) is 8.27. The van der Waals surface area contributed by atoms with Crippen LogP contribution < -0.4 is 10.1 Å². The van der Waals surface area contributed by atoms with Crippen LogP contribution in [0, 0.1) is 5.92 Å². The fourth-order valence-corrected chi connectivity index (χ4v) is 6.52. The number of aliphatic hydroxyl groups is 1. The number of nitrogens with zero attached hydrogens (tertiary/aromatic N) is 1. The van der Waals surface area contributed by atoms with Gasteiger partial charge in [0.2, 0.25) is 5.91 Å². The minimum absolute atomic E-state index is 0.0231. The molecule has 2 N–H and O–H groups in total. The number of rotatable bonds is 11. The second-order valence-corrected chi connectivity index (χ2v) is 11.0. The zero-order valence-corrected chi connectivity index (χ0v) is 22.6. The molecule has 1 aliphatic carbocycles. The highest BCUT2D eigenvalue weighted by atomic mass is 16.5. The maximum Gasteiger partial charge on any atom is 0.308 e. The van der Waals surface area contributed by atoms with Crippen LogP contribution in [-0.2, 0) is 21.4 Å². The lowest BCUT2D eigenvalue weighted by molar-refractivity contribution is -0.132. The SMILES string of the molecule is C=CCN1CC[C@@]2(c3cccc(OC(C)=O)c3)C[C@@H](NC(=O)CCCCCc3ccccc3)CC(O)[C@@H]2C1. The Hall–Kier alpha value is -2.96. The predicted molar refractivity (Wildman–Crippen MR) is 150 cm³/mol. The molecule has 4 rings (SSSR count). The molecule has 1 heterocycles. The topological polar surface area (TPSA) is 78.9 Å². The first-order valence-corrected chi connectivity index (χ1v) is 14.0. The molecule has 1 saturated heterocycles. The molecule has 204 valence electrons. The van der Waals surface area contributed by atoms with Gasteiger partial charge in [0.05, 0.1) is 6.10 Å². The van der Waals surface area contributed by atoms with Crippen LogP contribution in [0.1, 0.15) is 63.0 Å². The molecule has 1 amide bonds. The van der Waals surface area contributed by atoms with E-state index >= 15 is 0 Å². The fourth-order valence-electron chi connectivity index (χ4n) is 6.52. The molecule has 0 radical (unpaired) electrons. The number of piperidine rings is 1. The quantitative estimate of drug-likeness (QED) is 0.193. The number of esters is 1. The number of hydrogen-bond acceptors (Lipinski definition) is 5. The molecule has 0 aromatic heterocycles. The molecule has 6 heteroatoms. The molecule has 0 spiro atoms. The van der Waals surface area contributed by atoms with Crippen LogP contribution in [0.25, 0.3) is 0 Å². The Bertz CT molecular complexity index is 1090. The van der Waals surface area contributed by atoms with E-state index in [0.29, 0.717) is 18.6 Å². The Morgan fingerprint density at radius 2 is 1.97 bits per heavy atom. The zero-order valence-electron chi connectivity index (χ0n) is 22.6. The summed E-state index contributed by atoms with van der Waals surface area (Å²) in [5.41, 5.74) is 2.10. The van der Waals surface area contributed by atoms with Crippen molar-refractivity contribution in [3.8, 4) is 5.75 Å². The number of fused-ring (bicyclic) bond motifs is 1. The van der Waals surface area contributed by atoms with Gasteiger partial charge in [0.25, 0.3) is 0 Å². The zero-order chi connectivity index (χ0) is 27.0. The number of unbranched alkanes of at least 4 members (excludes halogenated alkanes) is 2. The van der Waals surface area contributed by atoms with Crippen LogP contribution in [0.2, 0.25) is 0 Å². The van der Waals surface area contributed by atoms with E-state index in [1.54, 1.807) is 6.07 Å². The number of amides is 1. The Labute approximate surface area is 227 Å². The lowest BCUT2D eigenvalue weighted by atomic mass is 9.57. The summed E-state index contributed by atoms with van der Waals surface area (Å²) in [5.74, 6) is 0.255. The standard InChI is InChI=1S/C32H42N2O4/c1-3-18-34-19-17-32(26-14-10-15-28(20-26)38-24(2)35)22-27(21-30(36)29(32)23-34)33-31(37)16-9-5-8-13-25-11-6-4-7-12-25/h3-4,6-7,10-12,14-15,20,27,29-30,36H,1,5,8-9,13,16-19,21-23H2,2H3,(H,33,37)/t27-,29-,30?,32-/m0/s1. The van der Waals surface area contributed by atoms with Crippen LogP contribution in [0.15, 0.2) is 67.3 Å². The molecule has 1 unspecified atom stereocenters. The first-order chi connectivity index (χ1) is 18.4. The number of ether oxygens (including phenoxy) is 1. The molecule has 4 atom stereocenters. The molecule has 6 nitrogen and oxygen atoms in total. The van der Waals surface area contributed by atoms with Gasteiger partial charge in [0.1, 0.15) is 5.75 Å². The smallest absolute Gasteiger partial charge is 0.308 e. The number of carbonyl (C=O) groups excluding carboxylic acids is 2. The summed E-state index contributed by atoms with van der Waals surface area (Å²) < 4.78 is 5.40. The minimum Gasteiger partial charge on any atom is -0.427 e. The lowest BCUT2D eigenvalue weighted by Crippen LogP contribution is -2.61. The first kappa shape index (κ1) is 28.1. The van der Waals surface area contributed by atoms with Gasteiger partial charge in [0.15, 0.2) is 0 Å². The average molecular weight is 519 g/mol. The van der Waals surface area contributed by atoms with Crippen molar-refractivity contribution < 1.29 is 19.4 Å². The van der Waals surface area contributed by atoms with Crippen molar-refractivity contribution in [3.05, 3.63) is 78.4 Å². The van der Waals surface area contributed by atoms with Gasteiger partial charge in [-0.25, -0.2) is 0 Å². The van der Waals surface area contributed by atoms with Crippen molar-refractivity contribution in [2.45, 2.75) is 75.9 Å². The van der Waals surface area contributed by atoms with Crippen LogP contribution in [-0.4, -0.2) is 53.7 Å². The molecular formula is C32H42N2O4. The van der Waals surface area contributed by atoms with E-state index in [1.807, 2.05) is 24.3 Å². The summed E-state index contributed by atoms with van der Waals surface area (Å²) in [5, 5.41) is 14.6. The van der Waals surface area contributed by atoms with Crippen LogP contribution >= 0.6 is 0 Å². The maximum atomic E-state index is 12.9. The van der Waals surface area contributed by atoms with E-state index in [2.05, 4.69) is 47.1 Å². The highest BCUT2D eigenvalue weighted by Gasteiger charge is 2.52. The van der Waals surface area contributed by atoms with Gasteiger partial charge in [-0.15, -0.1) is 6.58 Å². The number of likely N-dealkylation sites (tertiary alicyclic amines) is 1. The van der Waals surface area contributed by atoms with E-state index in [-0.39, 0.29) is 29.3 Å². The number of carbonyl (C=O) groups is 2. The minimum atomic E-state index is -0.537.